The molecule has 0 saturated carbocycles. The van der Waals surface area contributed by atoms with Crippen LogP contribution < -0.4 is 15.4 Å². The number of rotatable bonds is 8. The first-order valence-electron chi connectivity index (χ1n) is 7.86. The van der Waals surface area contributed by atoms with Crippen molar-refractivity contribution in [1.82, 2.24) is 4.72 Å². The molecule has 0 aliphatic heterocycles. The van der Waals surface area contributed by atoms with E-state index >= 15 is 0 Å². The van der Waals surface area contributed by atoms with Gasteiger partial charge in [0.05, 0.1) is 4.90 Å². The third-order valence-corrected chi connectivity index (χ3v) is 5.32. The van der Waals surface area contributed by atoms with Gasteiger partial charge < -0.3 is 10.6 Å². The Morgan fingerprint density at radius 1 is 1.00 bits per heavy atom. The van der Waals surface area contributed by atoms with E-state index in [2.05, 4.69) is 4.72 Å². The van der Waals surface area contributed by atoms with Crippen LogP contribution in [0.2, 0.25) is 0 Å². The number of unbranched alkanes of at least 4 members (excludes halogenated alkanes) is 2. The van der Waals surface area contributed by atoms with E-state index in [-0.39, 0.29) is 12.4 Å². The monoisotopic (exact) mass is 371 g/mol. The van der Waals surface area contributed by atoms with E-state index in [1.807, 2.05) is 43.3 Å². The fourth-order valence-electron chi connectivity index (χ4n) is 2.62. The molecule has 0 atom stereocenters. The normalized spacial score (nSPS) is 11.3. The molecule has 0 aliphatic rings. The second-order valence-electron chi connectivity index (χ2n) is 5.77. The summed E-state index contributed by atoms with van der Waals surface area (Å²) in [5, 5.41) is 1.68. The zero-order valence-electron chi connectivity index (χ0n) is 14.2. The summed E-state index contributed by atoms with van der Waals surface area (Å²) >= 11 is 0. The largest absolute Gasteiger partial charge is 0.377 e. The quantitative estimate of drug-likeness (QED) is 0.699. The van der Waals surface area contributed by atoms with Crippen molar-refractivity contribution in [2.75, 3.05) is 32.1 Å². The van der Waals surface area contributed by atoms with Crippen molar-refractivity contribution in [2.24, 2.45) is 5.73 Å². The van der Waals surface area contributed by atoms with Gasteiger partial charge in [0.1, 0.15) is 0 Å². The van der Waals surface area contributed by atoms with E-state index in [4.69, 9.17) is 5.73 Å². The summed E-state index contributed by atoms with van der Waals surface area (Å²) in [5.74, 6) is 0. The molecule has 0 saturated heterocycles. The Morgan fingerprint density at radius 3 is 2.33 bits per heavy atom. The number of anilines is 1. The lowest BCUT2D eigenvalue weighted by atomic mass is 10.1. The van der Waals surface area contributed by atoms with Crippen LogP contribution >= 0.6 is 12.4 Å². The van der Waals surface area contributed by atoms with E-state index in [9.17, 15) is 8.42 Å². The molecule has 2 rings (SSSR count). The number of nitrogens with zero attached hydrogens (tertiary/aromatic N) is 1. The summed E-state index contributed by atoms with van der Waals surface area (Å²) in [6.07, 6.45) is 2.64. The Kier molecular flexibility index (Phi) is 7.96. The Balaban J connectivity index is 0.00000288. The molecule has 0 amide bonds. The van der Waals surface area contributed by atoms with Crippen LogP contribution in [-0.4, -0.2) is 35.6 Å². The zero-order valence-corrected chi connectivity index (χ0v) is 15.8. The number of hydrogen-bond acceptors (Lipinski definition) is 4. The molecule has 0 spiro atoms. The lowest BCUT2D eigenvalue weighted by molar-refractivity contribution is 0.576. The second kappa shape index (κ2) is 9.22. The number of nitrogens with two attached hydrogens (primary N) is 1. The predicted molar refractivity (Wildman–Crippen MR) is 104 cm³/mol. The summed E-state index contributed by atoms with van der Waals surface area (Å²) in [5.41, 5.74) is 6.45. The van der Waals surface area contributed by atoms with Crippen molar-refractivity contribution >= 4 is 38.9 Å². The number of benzene rings is 2. The molecule has 3 N–H and O–H groups in total. The molecular weight excluding hydrogens is 346 g/mol. The maximum atomic E-state index is 12.6. The van der Waals surface area contributed by atoms with Crippen LogP contribution in [0.3, 0.4) is 0 Å². The second-order valence-corrected chi connectivity index (χ2v) is 7.51. The molecule has 0 heterocycles. The van der Waals surface area contributed by atoms with Gasteiger partial charge in [0, 0.05) is 37.1 Å². The highest BCUT2D eigenvalue weighted by Gasteiger charge is 2.17. The molecule has 0 unspecified atom stereocenters. The summed E-state index contributed by atoms with van der Waals surface area (Å²) in [7, 11) is 0.384. The van der Waals surface area contributed by atoms with Crippen LogP contribution in [0.5, 0.6) is 0 Å². The molecule has 2 aromatic carbocycles. The minimum Gasteiger partial charge on any atom is -0.377 e. The molecule has 0 aliphatic carbocycles. The van der Waals surface area contributed by atoms with Crippen LogP contribution in [0.15, 0.2) is 41.3 Å². The SMILES string of the molecule is CN(C)c1cccc2c(S(=O)(=O)NCCCCCN)cccc12.Cl. The van der Waals surface area contributed by atoms with Gasteiger partial charge in [0.15, 0.2) is 0 Å². The first kappa shape index (κ1) is 20.7. The lowest BCUT2D eigenvalue weighted by Crippen LogP contribution is -2.25. The highest BCUT2D eigenvalue weighted by molar-refractivity contribution is 7.89. The molecular formula is C17H26ClN3O2S. The lowest BCUT2D eigenvalue weighted by Gasteiger charge is -2.17. The third-order valence-electron chi connectivity index (χ3n) is 3.80. The molecule has 24 heavy (non-hydrogen) atoms. The number of hydrogen-bond donors (Lipinski definition) is 2. The van der Waals surface area contributed by atoms with Crippen molar-refractivity contribution in [3.8, 4) is 0 Å². The summed E-state index contributed by atoms with van der Waals surface area (Å²) < 4.78 is 27.9. The Hall–Kier alpha value is -1.34. The van der Waals surface area contributed by atoms with Gasteiger partial charge in [-0.15, -0.1) is 12.4 Å². The van der Waals surface area contributed by atoms with Crippen LogP contribution in [0.25, 0.3) is 10.8 Å². The number of halogens is 1. The molecule has 7 heteroatoms. The number of nitrogens with one attached hydrogen (secondary N) is 1. The van der Waals surface area contributed by atoms with Gasteiger partial charge in [-0.05, 0) is 31.5 Å². The fourth-order valence-corrected chi connectivity index (χ4v) is 3.91. The maximum absolute atomic E-state index is 12.6. The molecule has 134 valence electrons. The van der Waals surface area contributed by atoms with Gasteiger partial charge in [0.25, 0.3) is 0 Å². The van der Waals surface area contributed by atoms with Gasteiger partial charge in [-0.1, -0.05) is 30.7 Å². The molecule has 0 radical (unpaired) electrons. The van der Waals surface area contributed by atoms with E-state index in [1.165, 1.54) is 0 Å². The van der Waals surface area contributed by atoms with Crippen molar-refractivity contribution in [1.29, 1.82) is 0 Å². The number of fused-ring (bicyclic) bond motifs is 1. The summed E-state index contributed by atoms with van der Waals surface area (Å²) in [6, 6.07) is 11.1. The van der Waals surface area contributed by atoms with Gasteiger partial charge in [-0.3, -0.25) is 0 Å². The first-order chi connectivity index (χ1) is 11.0. The van der Waals surface area contributed by atoms with E-state index < -0.39 is 10.0 Å². The van der Waals surface area contributed by atoms with Gasteiger partial charge in [-0.2, -0.15) is 0 Å². The summed E-state index contributed by atoms with van der Waals surface area (Å²) in [6.45, 7) is 1.08. The average Bonchev–Trinajstić information content (AvgIpc) is 2.53. The van der Waals surface area contributed by atoms with Crippen molar-refractivity contribution < 1.29 is 8.42 Å². The number of sulfonamides is 1. The van der Waals surface area contributed by atoms with Crippen LogP contribution in [0, 0.1) is 0 Å². The summed E-state index contributed by atoms with van der Waals surface area (Å²) in [4.78, 5) is 2.32. The Bertz CT molecular complexity index is 764. The molecule has 0 fully saturated rings. The highest BCUT2D eigenvalue weighted by atomic mass is 35.5. The average molecular weight is 372 g/mol. The molecule has 0 bridgehead atoms. The van der Waals surface area contributed by atoms with Gasteiger partial charge in [-0.25, -0.2) is 13.1 Å². The van der Waals surface area contributed by atoms with Gasteiger partial charge >= 0.3 is 0 Å². The topological polar surface area (TPSA) is 75.4 Å². The highest BCUT2D eigenvalue weighted by Crippen LogP contribution is 2.30. The molecule has 5 nitrogen and oxygen atoms in total. The van der Waals surface area contributed by atoms with Gasteiger partial charge in [0.2, 0.25) is 10.0 Å². The standard InChI is InChI=1S/C17H25N3O2S.ClH/c1-20(2)16-10-6-9-15-14(16)8-7-11-17(15)23(21,22)19-13-5-3-4-12-18;/h6-11,19H,3-5,12-13,18H2,1-2H3;1H. The Morgan fingerprint density at radius 2 is 1.67 bits per heavy atom. The van der Waals surface area contributed by atoms with E-state index in [0.29, 0.717) is 18.0 Å². The van der Waals surface area contributed by atoms with Crippen molar-refractivity contribution in [3.05, 3.63) is 36.4 Å². The maximum Gasteiger partial charge on any atom is 0.241 e. The smallest absolute Gasteiger partial charge is 0.241 e. The zero-order chi connectivity index (χ0) is 16.9. The van der Waals surface area contributed by atoms with E-state index in [1.54, 1.807) is 12.1 Å². The minimum absolute atomic E-state index is 0. The molecule has 0 aromatic heterocycles. The first-order valence-corrected chi connectivity index (χ1v) is 9.34. The van der Waals surface area contributed by atoms with Crippen LogP contribution in [-0.2, 0) is 10.0 Å². The van der Waals surface area contributed by atoms with Crippen molar-refractivity contribution in [2.45, 2.75) is 24.2 Å². The van der Waals surface area contributed by atoms with E-state index in [0.717, 1.165) is 35.7 Å². The van der Waals surface area contributed by atoms with Crippen LogP contribution in [0.1, 0.15) is 19.3 Å². The minimum atomic E-state index is -3.52. The molecule has 2 aromatic rings. The fraction of sp³-hybridized carbons (Fsp3) is 0.412. The third kappa shape index (κ3) is 4.83. The Labute approximate surface area is 150 Å². The van der Waals surface area contributed by atoms with Crippen LogP contribution in [0.4, 0.5) is 5.69 Å². The predicted octanol–water partition coefficient (Wildman–Crippen LogP) is 2.73. The van der Waals surface area contributed by atoms with Crippen molar-refractivity contribution in [3.63, 3.8) is 0 Å².